The molecule has 4 heteroatoms. The summed E-state index contributed by atoms with van der Waals surface area (Å²) < 4.78 is 5.72. The van der Waals surface area contributed by atoms with E-state index < -0.39 is 0 Å². The molecule has 0 aliphatic carbocycles. The Morgan fingerprint density at radius 3 is 3.00 bits per heavy atom. The van der Waals surface area contributed by atoms with Gasteiger partial charge in [0.05, 0.1) is 12.7 Å². The maximum absolute atomic E-state index is 12.2. The van der Waals surface area contributed by atoms with Crippen LogP contribution in [0.25, 0.3) is 0 Å². The second-order valence-electron chi connectivity index (χ2n) is 5.10. The third-order valence-electron chi connectivity index (χ3n) is 3.66. The molecule has 0 spiro atoms. The van der Waals surface area contributed by atoms with Gasteiger partial charge in [-0.15, -0.1) is 0 Å². The molecule has 18 heavy (non-hydrogen) atoms. The Labute approximate surface area is 107 Å². The molecule has 1 aromatic carbocycles. The highest BCUT2D eigenvalue weighted by Gasteiger charge is 2.30. The number of likely N-dealkylation sites (N-methyl/N-ethyl adjacent to an activating group) is 1. The quantitative estimate of drug-likeness (QED) is 0.779. The SMILES string of the molecule is CN1CCOC(CN2Cc3ccccc3C2=O)C1. The van der Waals surface area contributed by atoms with Gasteiger partial charge in [0.2, 0.25) is 0 Å². The lowest BCUT2D eigenvalue weighted by molar-refractivity contribution is -0.0326. The molecule has 2 aliphatic heterocycles. The standard InChI is InChI=1S/C14H18N2O2/c1-15-6-7-18-12(9-15)10-16-8-11-4-2-3-5-13(11)14(16)17/h2-5,12H,6-10H2,1H3. The van der Waals surface area contributed by atoms with E-state index in [9.17, 15) is 4.79 Å². The van der Waals surface area contributed by atoms with Crippen LogP contribution < -0.4 is 0 Å². The van der Waals surface area contributed by atoms with Gasteiger partial charge in [0.25, 0.3) is 5.91 Å². The number of rotatable bonds is 2. The van der Waals surface area contributed by atoms with Gasteiger partial charge in [-0.05, 0) is 18.7 Å². The lowest BCUT2D eigenvalue weighted by Crippen LogP contribution is -2.46. The Balaban J connectivity index is 1.67. The lowest BCUT2D eigenvalue weighted by Gasteiger charge is -2.32. The van der Waals surface area contributed by atoms with Crippen molar-refractivity contribution in [2.24, 2.45) is 0 Å². The fourth-order valence-electron chi connectivity index (χ4n) is 2.69. The number of amides is 1. The van der Waals surface area contributed by atoms with E-state index in [0.717, 1.165) is 37.4 Å². The van der Waals surface area contributed by atoms with E-state index >= 15 is 0 Å². The highest BCUT2D eigenvalue weighted by molar-refractivity contribution is 5.98. The van der Waals surface area contributed by atoms with Crippen molar-refractivity contribution in [3.8, 4) is 0 Å². The van der Waals surface area contributed by atoms with Crippen molar-refractivity contribution in [2.75, 3.05) is 33.3 Å². The third-order valence-corrected chi connectivity index (χ3v) is 3.66. The molecule has 0 radical (unpaired) electrons. The Morgan fingerprint density at radius 2 is 2.22 bits per heavy atom. The summed E-state index contributed by atoms with van der Waals surface area (Å²) in [5.41, 5.74) is 1.98. The molecule has 4 nitrogen and oxygen atoms in total. The zero-order valence-corrected chi connectivity index (χ0v) is 10.6. The normalized spacial score (nSPS) is 24.4. The number of ether oxygens (including phenoxy) is 1. The Bertz CT molecular complexity index is 461. The number of morpholine rings is 1. The highest BCUT2D eigenvalue weighted by atomic mass is 16.5. The predicted molar refractivity (Wildman–Crippen MR) is 68.4 cm³/mol. The second-order valence-corrected chi connectivity index (χ2v) is 5.10. The molecular formula is C14H18N2O2. The molecule has 0 aromatic heterocycles. The largest absolute Gasteiger partial charge is 0.374 e. The summed E-state index contributed by atoms with van der Waals surface area (Å²) in [7, 11) is 2.09. The number of benzene rings is 1. The van der Waals surface area contributed by atoms with Gasteiger partial charge >= 0.3 is 0 Å². The number of carbonyl (C=O) groups is 1. The fraction of sp³-hybridized carbons (Fsp3) is 0.500. The molecule has 1 saturated heterocycles. The molecule has 0 N–H and O–H groups in total. The smallest absolute Gasteiger partial charge is 0.254 e. The molecule has 1 amide bonds. The third kappa shape index (κ3) is 2.13. The van der Waals surface area contributed by atoms with Crippen LogP contribution in [0.5, 0.6) is 0 Å². The zero-order valence-electron chi connectivity index (χ0n) is 10.6. The first-order valence-electron chi connectivity index (χ1n) is 6.41. The van der Waals surface area contributed by atoms with E-state index in [-0.39, 0.29) is 12.0 Å². The Morgan fingerprint density at radius 1 is 1.39 bits per heavy atom. The second kappa shape index (κ2) is 4.71. The van der Waals surface area contributed by atoms with Gasteiger partial charge in [-0.1, -0.05) is 18.2 Å². The van der Waals surface area contributed by atoms with Crippen LogP contribution in [0.4, 0.5) is 0 Å². The van der Waals surface area contributed by atoms with E-state index in [0.29, 0.717) is 6.54 Å². The molecule has 3 rings (SSSR count). The fourth-order valence-corrected chi connectivity index (χ4v) is 2.69. The van der Waals surface area contributed by atoms with Crippen LogP contribution in [0.1, 0.15) is 15.9 Å². The van der Waals surface area contributed by atoms with Crippen molar-refractivity contribution < 1.29 is 9.53 Å². The summed E-state index contributed by atoms with van der Waals surface area (Å²) in [5, 5.41) is 0. The maximum atomic E-state index is 12.2. The van der Waals surface area contributed by atoms with E-state index in [1.807, 2.05) is 29.2 Å². The molecule has 1 atom stereocenters. The number of hydrogen-bond donors (Lipinski definition) is 0. The first-order chi connectivity index (χ1) is 8.74. The first kappa shape index (κ1) is 11.7. The van der Waals surface area contributed by atoms with Gasteiger partial charge in [0.1, 0.15) is 0 Å². The molecule has 96 valence electrons. The van der Waals surface area contributed by atoms with Crippen molar-refractivity contribution in [3.05, 3.63) is 35.4 Å². The van der Waals surface area contributed by atoms with Crippen molar-refractivity contribution in [2.45, 2.75) is 12.6 Å². The van der Waals surface area contributed by atoms with Crippen molar-refractivity contribution >= 4 is 5.91 Å². The minimum Gasteiger partial charge on any atom is -0.374 e. The Kier molecular flexibility index (Phi) is 3.06. The van der Waals surface area contributed by atoms with Crippen molar-refractivity contribution in [1.82, 2.24) is 9.80 Å². The summed E-state index contributed by atoms with van der Waals surface area (Å²) in [6, 6.07) is 7.85. The summed E-state index contributed by atoms with van der Waals surface area (Å²) in [6.45, 7) is 4.05. The van der Waals surface area contributed by atoms with Crippen molar-refractivity contribution in [3.63, 3.8) is 0 Å². The van der Waals surface area contributed by atoms with Crippen LogP contribution in [0.15, 0.2) is 24.3 Å². The maximum Gasteiger partial charge on any atom is 0.254 e. The van der Waals surface area contributed by atoms with Crippen LogP contribution >= 0.6 is 0 Å². The first-order valence-corrected chi connectivity index (χ1v) is 6.41. The van der Waals surface area contributed by atoms with Crippen LogP contribution in [0.3, 0.4) is 0 Å². The zero-order chi connectivity index (χ0) is 12.5. The van der Waals surface area contributed by atoms with Crippen LogP contribution in [-0.2, 0) is 11.3 Å². The van der Waals surface area contributed by atoms with E-state index in [1.54, 1.807) is 0 Å². The van der Waals surface area contributed by atoms with Crippen LogP contribution in [0, 0.1) is 0 Å². The van der Waals surface area contributed by atoms with Gasteiger partial charge in [-0.25, -0.2) is 0 Å². The monoisotopic (exact) mass is 246 g/mol. The highest BCUT2D eigenvalue weighted by Crippen LogP contribution is 2.23. The van der Waals surface area contributed by atoms with Crippen LogP contribution in [-0.4, -0.2) is 55.1 Å². The van der Waals surface area contributed by atoms with Crippen molar-refractivity contribution in [1.29, 1.82) is 0 Å². The minimum absolute atomic E-state index is 0.141. The molecule has 2 aliphatic rings. The van der Waals surface area contributed by atoms with Gasteiger partial charge in [-0.2, -0.15) is 0 Å². The summed E-state index contributed by atoms with van der Waals surface area (Å²) in [6.07, 6.45) is 0.141. The molecule has 0 saturated carbocycles. The predicted octanol–water partition coefficient (Wildman–Crippen LogP) is 0.973. The van der Waals surface area contributed by atoms with E-state index in [4.69, 9.17) is 4.74 Å². The average Bonchev–Trinajstić information content (AvgIpc) is 2.67. The molecule has 1 fully saturated rings. The molecular weight excluding hydrogens is 228 g/mol. The van der Waals surface area contributed by atoms with Gasteiger partial charge < -0.3 is 14.5 Å². The molecule has 0 bridgehead atoms. The topological polar surface area (TPSA) is 32.8 Å². The summed E-state index contributed by atoms with van der Waals surface area (Å²) in [4.78, 5) is 16.4. The van der Waals surface area contributed by atoms with Gasteiger partial charge in [0.15, 0.2) is 0 Å². The van der Waals surface area contributed by atoms with Crippen LogP contribution in [0.2, 0.25) is 0 Å². The van der Waals surface area contributed by atoms with E-state index in [1.165, 1.54) is 0 Å². The average molecular weight is 246 g/mol. The number of nitrogens with zero attached hydrogens (tertiary/aromatic N) is 2. The number of hydrogen-bond acceptors (Lipinski definition) is 3. The minimum atomic E-state index is 0.141. The van der Waals surface area contributed by atoms with E-state index in [2.05, 4.69) is 11.9 Å². The Hall–Kier alpha value is -1.39. The molecule has 2 heterocycles. The van der Waals surface area contributed by atoms with Gasteiger partial charge in [0, 0.05) is 31.7 Å². The summed E-state index contributed by atoms with van der Waals surface area (Å²) >= 11 is 0. The molecule has 1 aromatic rings. The summed E-state index contributed by atoms with van der Waals surface area (Å²) in [5.74, 6) is 0.141. The lowest BCUT2D eigenvalue weighted by atomic mass is 10.1. The number of carbonyl (C=O) groups excluding carboxylic acids is 1. The number of fused-ring (bicyclic) bond motifs is 1. The van der Waals surface area contributed by atoms with Gasteiger partial charge in [-0.3, -0.25) is 4.79 Å². The molecule has 1 unspecified atom stereocenters.